The van der Waals surface area contributed by atoms with Crippen LogP contribution in [-0.4, -0.2) is 33.7 Å². The van der Waals surface area contributed by atoms with Gasteiger partial charge in [-0.25, -0.2) is 4.98 Å². The van der Waals surface area contributed by atoms with Crippen molar-refractivity contribution in [1.29, 1.82) is 0 Å². The summed E-state index contributed by atoms with van der Waals surface area (Å²) in [5.74, 6) is 0.883. The minimum atomic E-state index is -1.30. The molecule has 1 aromatic heterocycles. The van der Waals surface area contributed by atoms with Crippen LogP contribution in [0, 0.1) is 0 Å². The van der Waals surface area contributed by atoms with Crippen LogP contribution in [0.25, 0.3) is 11.1 Å². The van der Waals surface area contributed by atoms with Gasteiger partial charge in [0.15, 0.2) is 0 Å². The number of rotatable bonds is 4. The fourth-order valence-electron chi connectivity index (χ4n) is 3.12. The van der Waals surface area contributed by atoms with Crippen LogP contribution in [0.3, 0.4) is 0 Å². The van der Waals surface area contributed by atoms with Crippen molar-refractivity contribution in [2.75, 3.05) is 18.9 Å². The first-order valence-electron chi connectivity index (χ1n) is 9.35. The molecule has 5 nitrogen and oxygen atoms in total. The zero-order valence-electron chi connectivity index (χ0n) is 16.4. The Kier molecular flexibility index (Phi) is 6.81. The molecule has 1 atom stereocenters. The minimum Gasteiger partial charge on any atom is -0.591 e. The Morgan fingerprint density at radius 3 is 2.61 bits per heavy atom. The molecule has 3 rings (SSSR count). The highest BCUT2D eigenvalue weighted by Crippen LogP contribution is 2.33. The first-order chi connectivity index (χ1) is 13.3. The standard InChI is InChI=1S/C21H26BrN3O2S/c1-21(2,3)28(26)25-13-17-10-15(16-11-19(22)20(23)24-12-16)4-5-18(17)14-6-8-27-9-7-14/h4-5,10-14H,6-9H2,1-3H3,(H2,23,24)/b25-13+. The van der Waals surface area contributed by atoms with Gasteiger partial charge >= 0.3 is 0 Å². The summed E-state index contributed by atoms with van der Waals surface area (Å²) in [6.45, 7) is 7.31. The third-order valence-corrected chi connectivity index (χ3v) is 6.74. The number of pyridine rings is 1. The molecular formula is C21H26BrN3O2S. The van der Waals surface area contributed by atoms with Crippen molar-refractivity contribution in [3.8, 4) is 11.1 Å². The zero-order valence-corrected chi connectivity index (χ0v) is 18.8. The summed E-state index contributed by atoms with van der Waals surface area (Å²) in [7, 11) is 0. The molecule has 1 aromatic carbocycles. The average molecular weight is 464 g/mol. The highest BCUT2D eigenvalue weighted by atomic mass is 79.9. The molecule has 7 heteroatoms. The highest BCUT2D eigenvalue weighted by Gasteiger charge is 2.26. The Balaban J connectivity index is 2.00. The number of ether oxygens (including phenoxy) is 1. The number of nitrogens with zero attached hydrogens (tertiary/aromatic N) is 2. The molecule has 1 saturated heterocycles. The summed E-state index contributed by atoms with van der Waals surface area (Å²) in [6, 6.07) is 8.30. The average Bonchev–Trinajstić information content (AvgIpc) is 2.68. The predicted octanol–water partition coefficient (Wildman–Crippen LogP) is 4.87. The van der Waals surface area contributed by atoms with Crippen molar-refractivity contribution in [2.24, 2.45) is 4.40 Å². The molecule has 1 aliphatic rings. The van der Waals surface area contributed by atoms with E-state index in [1.165, 1.54) is 5.56 Å². The van der Waals surface area contributed by atoms with E-state index < -0.39 is 16.1 Å². The number of nitrogen functional groups attached to an aromatic ring is 1. The van der Waals surface area contributed by atoms with E-state index in [1.807, 2.05) is 26.8 Å². The van der Waals surface area contributed by atoms with Crippen molar-refractivity contribution in [3.63, 3.8) is 0 Å². The predicted molar refractivity (Wildman–Crippen MR) is 120 cm³/mol. The van der Waals surface area contributed by atoms with Crippen LogP contribution in [0.15, 0.2) is 39.3 Å². The van der Waals surface area contributed by atoms with E-state index in [2.05, 4.69) is 43.5 Å². The fourth-order valence-corrected chi connectivity index (χ4v) is 3.99. The lowest BCUT2D eigenvalue weighted by atomic mass is 9.87. The van der Waals surface area contributed by atoms with Crippen molar-refractivity contribution in [1.82, 2.24) is 4.98 Å². The monoisotopic (exact) mass is 463 g/mol. The molecule has 2 aromatic rings. The molecule has 0 bridgehead atoms. The Hall–Kier alpha value is -1.41. The number of hydrogen-bond acceptors (Lipinski definition) is 5. The van der Waals surface area contributed by atoms with Crippen molar-refractivity contribution in [2.45, 2.75) is 44.3 Å². The Morgan fingerprint density at radius 2 is 1.96 bits per heavy atom. The number of anilines is 1. The van der Waals surface area contributed by atoms with Crippen molar-refractivity contribution in [3.05, 3.63) is 46.1 Å². The van der Waals surface area contributed by atoms with E-state index in [4.69, 9.17) is 10.5 Å². The van der Waals surface area contributed by atoms with Crippen LogP contribution in [-0.2, 0) is 16.1 Å². The lowest BCUT2D eigenvalue weighted by Gasteiger charge is -2.24. The molecule has 28 heavy (non-hydrogen) atoms. The van der Waals surface area contributed by atoms with Crippen molar-refractivity contribution >= 4 is 39.3 Å². The van der Waals surface area contributed by atoms with Crippen LogP contribution in [0.2, 0.25) is 0 Å². The van der Waals surface area contributed by atoms with Gasteiger partial charge in [0.1, 0.15) is 21.9 Å². The van der Waals surface area contributed by atoms with E-state index in [0.717, 1.165) is 47.2 Å². The second-order valence-electron chi connectivity index (χ2n) is 7.92. The normalized spacial score (nSPS) is 17.2. The maximum atomic E-state index is 12.4. The molecule has 0 spiro atoms. The molecule has 1 unspecified atom stereocenters. The summed E-state index contributed by atoms with van der Waals surface area (Å²) >= 11 is 2.14. The number of benzene rings is 1. The maximum Gasteiger partial charge on any atom is 0.144 e. The SMILES string of the molecule is CC(C)(C)[S+]([O-])/N=C/c1cc(-c2cnc(N)c(Br)c2)ccc1C1CCOCC1. The van der Waals surface area contributed by atoms with E-state index in [9.17, 15) is 4.55 Å². The lowest BCUT2D eigenvalue weighted by Crippen LogP contribution is -2.26. The summed E-state index contributed by atoms with van der Waals surface area (Å²) in [5, 5.41) is 0. The van der Waals surface area contributed by atoms with Crippen molar-refractivity contribution < 1.29 is 9.29 Å². The fraction of sp³-hybridized carbons (Fsp3) is 0.429. The minimum absolute atomic E-state index is 0.390. The van der Waals surface area contributed by atoms with Crippen LogP contribution in [0.5, 0.6) is 0 Å². The van der Waals surface area contributed by atoms with Gasteiger partial charge in [0, 0.05) is 30.5 Å². The van der Waals surface area contributed by atoms with E-state index in [0.29, 0.717) is 11.7 Å². The smallest absolute Gasteiger partial charge is 0.144 e. The van der Waals surface area contributed by atoms with Gasteiger partial charge in [0.05, 0.1) is 10.7 Å². The van der Waals surface area contributed by atoms with Crippen LogP contribution >= 0.6 is 15.9 Å². The second kappa shape index (κ2) is 8.95. The van der Waals surface area contributed by atoms with Gasteiger partial charge in [-0.05, 0) is 78.7 Å². The number of halogens is 1. The molecule has 2 heterocycles. The molecule has 1 aliphatic heterocycles. The molecule has 0 saturated carbocycles. The zero-order chi connectivity index (χ0) is 20.3. The third-order valence-electron chi connectivity index (χ3n) is 4.76. The van der Waals surface area contributed by atoms with Gasteiger partial charge in [0.2, 0.25) is 0 Å². The number of aromatic nitrogens is 1. The van der Waals surface area contributed by atoms with Crippen LogP contribution in [0.4, 0.5) is 5.82 Å². The largest absolute Gasteiger partial charge is 0.591 e. The van der Waals surface area contributed by atoms with Gasteiger partial charge < -0.3 is 15.0 Å². The molecule has 150 valence electrons. The molecule has 0 amide bonds. The Labute approximate surface area is 178 Å². The molecule has 0 aliphatic carbocycles. The summed E-state index contributed by atoms with van der Waals surface area (Å²) in [4.78, 5) is 4.24. The van der Waals surface area contributed by atoms with Crippen LogP contribution < -0.4 is 5.73 Å². The first kappa shape index (κ1) is 21.3. The second-order valence-corrected chi connectivity index (χ2v) is 10.7. The van der Waals surface area contributed by atoms with Gasteiger partial charge in [-0.3, -0.25) is 0 Å². The highest BCUT2D eigenvalue weighted by molar-refractivity contribution is 9.10. The van der Waals surface area contributed by atoms with Gasteiger partial charge in [0.25, 0.3) is 0 Å². The number of hydrogen-bond donors (Lipinski definition) is 1. The summed E-state index contributed by atoms with van der Waals surface area (Å²) < 4.78 is 22.7. The topological polar surface area (TPSA) is 83.6 Å². The van der Waals surface area contributed by atoms with E-state index in [1.54, 1.807) is 12.4 Å². The Bertz CT molecular complexity index is 861. The third kappa shape index (κ3) is 5.14. The molecule has 0 radical (unpaired) electrons. The maximum absolute atomic E-state index is 12.4. The lowest BCUT2D eigenvalue weighted by molar-refractivity contribution is 0.0853. The summed E-state index contributed by atoms with van der Waals surface area (Å²) in [5.41, 5.74) is 10.0. The van der Waals surface area contributed by atoms with E-state index in [-0.39, 0.29) is 0 Å². The molecule has 2 N–H and O–H groups in total. The molecular weight excluding hydrogens is 438 g/mol. The van der Waals surface area contributed by atoms with Crippen LogP contribution in [0.1, 0.15) is 50.7 Å². The number of nitrogens with two attached hydrogens (primary N) is 1. The van der Waals surface area contributed by atoms with Gasteiger partial charge in [-0.15, -0.1) is 0 Å². The molecule has 1 fully saturated rings. The summed E-state index contributed by atoms with van der Waals surface area (Å²) in [6.07, 6.45) is 5.49. The van der Waals surface area contributed by atoms with E-state index >= 15 is 0 Å². The Morgan fingerprint density at radius 1 is 1.25 bits per heavy atom. The first-order valence-corrected chi connectivity index (χ1v) is 11.2. The quantitative estimate of drug-likeness (QED) is 0.517. The van der Waals surface area contributed by atoms with Gasteiger partial charge in [-0.2, -0.15) is 0 Å². The van der Waals surface area contributed by atoms with Gasteiger partial charge in [-0.1, -0.05) is 16.5 Å².